The standard InChI is InChI=1S/C14H21ClN2O2/c1-14(2,13(18)19-5)12(16)10-7-6-9(17(3)4)8-11(10)15/h6-8,12H,16H2,1-5H3/t12-/m1/s1. The number of carbonyl (C=O) groups excluding carboxylic acids is 1. The minimum absolute atomic E-state index is 0.354. The first-order chi connectivity index (χ1) is 8.71. The maximum absolute atomic E-state index is 11.8. The molecule has 2 N–H and O–H groups in total. The molecule has 0 aliphatic carbocycles. The van der Waals surface area contributed by atoms with Crippen LogP contribution in [-0.2, 0) is 9.53 Å². The third-order valence-electron chi connectivity index (χ3n) is 3.32. The largest absolute Gasteiger partial charge is 0.469 e. The topological polar surface area (TPSA) is 55.6 Å². The summed E-state index contributed by atoms with van der Waals surface area (Å²) >= 11 is 6.26. The molecule has 1 aromatic carbocycles. The van der Waals surface area contributed by atoms with Gasteiger partial charge in [-0.1, -0.05) is 17.7 Å². The molecule has 0 saturated carbocycles. The van der Waals surface area contributed by atoms with Crippen LogP contribution in [0.1, 0.15) is 25.5 Å². The van der Waals surface area contributed by atoms with Crippen molar-refractivity contribution in [2.24, 2.45) is 11.1 Å². The molecule has 0 spiro atoms. The third-order valence-corrected chi connectivity index (χ3v) is 3.65. The van der Waals surface area contributed by atoms with E-state index in [-0.39, 0.29) is 5.97 Å². The van der Waals surface area contributed by atoms with Crippen LogP contribution < -0.4 is 10.6 Å². The minimum Gasteiger partial charge on any atom is -0.469 e. The highest BCUT2D eigenvalue weighted by Crippen LogP contribution is 2.37. The quantitative estimate of drug-likeness (QED) is 0.864. The number of hydrogen-bond donors (Lipinski definition) is 1. The van der Waals surface area contributed by atoms with E-state index in [0.29, 0.717) is 5.02 Å². The fourth-order valence-corrected chi connectivity index (χ4v) is 2.12. The Kier molecular flexibility index (Phi) is 4.82. The summed E-state index contributed by atoms with van der Waals surface area (Å²) in [5.41, 5.74) is 7.06. The van der Waals surface area contributed by atoms with E-state index >= 15 is 0 Å². The van der Waals surface area contributed by atoms with Crippen LogP contribution in [0.4, 0.5) is 5.69 Å². The van der Waals surface area contributed by atoms with Crippen LogP contribution in [-0.4, -0.2) is 27.2 Å². The molecule has 0 heterocycles. The number of halogens is 1. The van der Waals surface area contributed by atoms with Crippen LogP contribution in [0, 0.1) is 5.41 Å². The van der Waals surface area contributed by atoms with Gasteiger partial charge in [0.05, 0.1) is 12.5 Å². The van der Waals surface area contributed by atoms with Crippen LogP contribution in [0.15, 0.2) is 18.2 Å². The molecular weight excluding hydrogens is 264 g/mol. The molecule has 0 fully saturated rings. The van der Waals surface area contributed by atoms with Crippen molar-refractivity contribution in [3.05, 3.63) is 28.8 Å². The van der Waals surface area contributed by atoms with Gasteiger partial charge in [-0.05, 0) is 31.5 Å². The number of nitrogens with zero attached hydrogens (tertiary/aromatic N) is 1. The Bertz CT molecular complexity index is 473. The first kappa shape index (κ1) is 15.8. The van der Waals surface area contributed by atoms with Crippen LogP contribution in [0.3, 0.4) is 0 Å². The Morgan fingerprint density at radius 2 is 2.00 bits per heavy atom. The maximum Gasteiger partial charge on any atom is 0.313 e. The Hall–Kier alpha value is -1.26. The molecule has 0 aliphatic rings. The van der Waals surface area contributed by atoms with Crippen molar-refractivity contribution >= 4 is 23.3 Å². The highest BCUT2D eigenvalue weighted by atomic mass is 35.5. The van der Waals surface area contributed by atoms with E-state index in [2.05, 4.69) is 0 Å². The summed E-state index contributed by atoms with van der Waals surface area (Å²) in [5, 5.41) is 0.552. The Balaban J connectivity index is 3.13. The molecule has 19 heavy (non-hydrogen) atoms. The predicted octanol–water partition coefficient (Wildman–Crippen LogP) is 2.61. The summed E-state index contributed by atoms with van der Waals surface area (Å²) < 4.78 is 4.79. The van der Waals surface area contributed by atoms with Gasteiger partial charge >= 0.3 is 5.97 Å². The van der Waals surface area contributed by atoms with Crippen molar-refractivity contribution < 1.29 is 9.53 Å². The average molecular weight is 285 g/mol. The number of nitrogens with two attached hydrogens (primary N) is 1. The predicted molar refractivity (Wildman–Crippen MR) is 78.5 cm³/mol. The number of methoxy groups -OCH3 is 1. The summed E-state index contributed by atoms with van der Waals surface area (Å²) in [7, 11) is 5.22. The Morgan fingerprint density at radius 3 is 2.42 bits per heavy atom. The second-order valence-corrected chi connectivity index (χ2v) is 5.70. The SMILES string of the molecule is COC(=O)C(C)(C)[C@H](N)c1ccc(N(C)C)cc1Cl. The zero-order valence-corrected chi connectivity index (χ0v) is 12.8. The van der Waals surface area contributed by atoms with Gasteiger partial charge in [0.15, 0.2) is 0 Å². The molecular formula is C14H21ClN2O2. The molecule has 0 aliphatic heterocycles. The van der Waals surface area contributed by atoms with Gasteiger partial charge in [0.2, 0.25) is 0 Å². The van der Waals surface area contributed by atoms with E-state index in [0.717, 1.165) is 11.3 Å². The lowest BCUT2D eigenvalue weighted by Gasteiger charge is -2.29. The molecule has 0 saturated heterocycles. The number of rotatable bonds is 4. The van der Waals surface area contributed by atoms with Crippen molar-refractivity contribution in [1.29, 1.82) is 0 Å². The van der Waals surface area contributed by atoms with Gasteiger partial charge in [-0.25, -0.2) is 0 Å². The van der Waals surface area contributed by atoms with Gasteiger partial charge in [0.25, 0.3) is 0 Å². The van der Waals surface area contributed by atoms with Gasteiger partial charge in [-0.2, -0.15) is 0 Å². The molecule has 0 unspecified atom stereocenters. The maximum atomic E-state index is 11.8. The van der Waals surface area contributed by atoms with Gasteiger partial charge < -0.3 is 15.4 Å². The zero-order valence-electron chi connectivity index (χ0n) is 12.0. The highest BCUT2D eigenvalue weighted by molar-refractivity contribution is 6.31. The first-order valence-corrected chi connectivity index (χ1v) is 6.40. The van der Waals surface area contributed by atoms with Crippen molar-refractivity contribution in [3.8, 4) is 0 Å². The van der Waals surface area contributed by atoms with Crippen LogP contribution in [0.2, 0.25) is 5.02 Å². The fraction of sp³-hybridized carbons (Fsp3) is 0.500. The van der Waals surface area contributed by atoms with Crippen molar-refractivity contribution in [2.75, 3.05) is 26.1 Å². The summed E-state index contributed by atoms with van der Waals surface area (Å²) in [5.74, 6) is -0.354. The normalized spacial score (nSPS) is 13.0. The number of ether oxygens (including phenoxy) is 1. The van der Waals surface area contributed by atoms with E-state index in [4.69, 9.17) is 22.1 Å². The fourth-order valence-electron chi connectivity index (χ4n) is 1.83. The second-order valence-electron chi connectivity index (χ2n) is 5.29. The highest BCUT2D eigenvalue weighted by Gasteiger charge is 2.37. The van der Waals surface area contributed by atoms with E-state index < -0.39 is 11.5 Å². The van der Waals surface area contributed by atoms with E-state index in [1.165, 1.54) is 7.11 Å². The molecule has 0 amide bonds. The molecule has 4 nitrogen and oxygen atoms in total. The molecule has 0 aromatic heterocycles. The summed E-state index contributed by atoms with van der Waals surface area (Å²) in [6.45, 7) is 3.50. The second kappa shape index (κ2) is 5.80. The van der Waals surface area contributed by atoms with Crippen LogP contribution in [0.5, 0.6) is 0 Å². The monoisotopic (exact) mass is 284 g/mol. The zero-order chi connectivity index (χ0) is 14.8. The van der Waals surface area contributed by atoms with Crippen LogP contribution >= 0.6 is 11.6 Å². The van der Waals surface area contributed by atoms with E-state index in [1.807, 2.05) is 37.2 Å². The minimum atomic E-state index is -0.835. The number of carbonyl (C=O) groups is 1. The summed E-state index contributed by atoms with van der Waals surface area (Å²) in [6.07, 6.45) is 0. The van der Waals surface area contributed by atoms with Crippen LogP contribution in [0.25, 0.3) is 0 Å². The smallest absolute Gasteiger partial charge is 0.313 e. The molecule has 1 rings (SSSR count). The molecule has 1 aromatic rings. The Labute approximate surface area is 119 Å². The van der Waals surface area contributed by atoms with Gasteiger partial charge in [0, 0.05) is 30.8 Å². The third kappa shape index (κ3) is 3.19. The number of hydrogen-bond acceptors (Lipinski definition) is 4. The Morgan fingerprint density at radius 1 is 1.42 bits per heavy atom. The van der Waals surface area contributed by atoms with E-state index in [1.54, 1.807) is 13.8 Å². The molecule has 106 valence electrons. The lowest BCUT2D eigenvalue weighted by atomic mass is 9.81. The lowest BCUT2D eigenvalue weighted by Crippen LogP contribution is -2.37. The molecule has 1 atom stereocenters. The van der Waals surface area contributed by atoms with E-state index in [9.17, 15) is 4.79 Å². The van der Waals surface area contributed by atoms with Gasteiger partial charge in [-0.15, -0.1) is 0 Å². The van der Waals surface area contributed by atoms with Crippen molar-refractivity contribution in [2.45, 2.75) is 19.9 Å². The molecule has 0 bridgehead atoms. The lowest BCUT2D eigenvalue weighted by molar-refractivity contribution is -0.152. The van der Waals surface area contributed by atoms with Crippen molar-refractivity contribution in [1.82, 2.24) is 0 Å². The summed E-state index contributed by atoms with van der Waals surface area (Å²) in [4.78, 5) is 13.7. The van der Waals surface area contributed by atoms with Gasteiger partial charge in [0.1, 0.15) is 0 Å². The number of anilines is 1. The average Bonchev–Trinajstić information content (AvgIpc) is 2.36. The number of benzene rings is 1. The number of esters is 1. The first-order valence-electron chi connectivity index (χ1n) is 6.02. The molecule has 5 heteroatoms. The van der Waals surface area contributed by atoms with Crippen molar-refractivity contribution in [3.63, 3.8) is 0 Å². The van der Waals surface area contributed by atoms with Gasteiger partial charge in [-0.3, -0.25) is 4.79 Å². The summed E-state index contributed by atoms with van der Waals surface area (Å²) in [6, 6.07) is 5.09. The molecule has 0 radical (unpaired) electrons.